The van der Waals surface area contributed by atoms with E-state index in [1.807, 2.05) is 6.07 Å². The smallest absolute Gasteiger partial charge is 0.194 e. The average Bonchev–Trinajstić information content (AvgIpc) is 2.23. The standard InChI is InChI=1S/C11H14N2O2S/c1-3-10(7-12)16(14,15)11-6-9(13)5-4-8(11)2/h4-6,10H,3,13H2,1-2H3. The van der Waals surface area contributed by atoms with Crippen molar-refractivity contribution in [3.63, 3.8) is 0 Å². The van der Waals surface area contributed by atoms with E-state index in [9.17, 15) is 8.42 Å². The predicted molar refractivity (Wildman–Crippen MR) is 62.5 cm³/mol. The molecule has 0 aliphatic rings. The van der Waals surface area contributed by atoms with Gasteiger partial charge in [0.15, 0.2) is 15.1 Å². The minimum atomic E-state index is -3.60. The molecule has 1 atom stereocenters. The minimum absolute atomic E-state index is 0.154. The molecule has 16 heavy (non-hydrogen) atoms. The highest BCUT2D eigenvalue weighted by Gasteiger charge is 2.27. The van der Waals surface area contributed by atoms with Crippen molar-refractivity contribution in [3.05, 3.63) is 23.8 Å². The molecule has 0 aliphatic carbocycles. The maximum absolute atomic E-state index is 12.1. The molecule has 0 amide bonds. The first-order chi connectivity index (χ1) is 7.43. The Labute approximate surface area is 95.6 Å². The molecular weight excluding hydrogens is 224 g/mol. The number of nitrogens with zero attached hydrogens (tertiary/aromatic N) is 1. The molecule has 0 fully saturated rings. The number of hydrogen-bond donors (Lipinski definition) is 1. The summed E-state index contributed by atoms with van der Waals surface area (Å²) in [5.74, 6) is 0. The van der Waals surface area contributed by atoms with E-state index >= 15 is 0 Å². The molecule has 0 heterocycles. The number of benzene rings is 1. The van der Waals surface area contributed by atoms with E-state index < -0.39 is 15.1 Å². The fourth-order valence-electron chi connectivity index (χ4n) is 1.46. The summed E-state index contributed by atoms with van der Waals surface area (Å²) in [6, 6.07) is 6.50. The summed E-state index contributed by atoms with van der Waals surface area (Å²) < 4.78 is 24.2. The van der Waals surface area contributed by atoms with Crippen molar-refractivity contribution in [2.45, 2.75) is 30.4 Å². The number of nitriles is 1. The highest BCUT2D eigenvalue weighted by Crippen LogP contribution is 2.23. The van der Waals surface area contributed by atoms with Crippen molar-refractivity contribution >= 4 is 15.5 Å². The molecular formula is C11H14N2O2S. The Morgan fingerprint density at radius 3 is 2.62 bits per heavy atom. The van der Waals surface area contributed by atoms with Crippen LogP contribution < -0.4 is 5.73 Å². The number of nitrogens with two attached hydrogens (primary N) is 1. The lowest BCUT2D eigenvalue weighted by molar-refractivity contribution is 0.587. The lowest BCUT2D eigenvalue weighted by atomic mass is 10.2. The number of hydrogen-bond acceptors (Lipinski definition) is 4. The third-order valence-electron chi connectivity index (χ3n) is 2.41. The Morgan fingerprint density at radius 1 is 1.50 bits per heavy atom. The molecule has 1 unspecified atom stereocenters. The van der Waals surface area contributed by atoms with Gasteiger partial charge in [0.2, 0.25) is 0 Å². The van der Waals surface area contributed by atoms with Gasteiger partial charge in [0.25, 0.3) is 0 Å². The van der Waals surface area contributed by atoms with Crippen molar-refractivity contribution in [3.8, 4) is 6.07 Å². The van der Waals surface area contributed by atoms with Crippen LogP contribution in [0.15, 0.2) is 23.1 Å². The maximum atomic E-state index is 12.1. The molecule has 0 bridgehead atoms. The molecule has 1 aromatic carbocycles. The van der Waals surface area contributed by atoms with Crippen molar-refractivity contribution in [1.82, 2.24) is 0 Å². The van der Waals surface area contributed by atoms with E-state index in [0.717, 1.165) is 0 Å². The molecule has 5 heteroatoms. The molecule has 1 rings (SSSR count). The van der Waals surface area contributed by atoms with Crippen molar-refractivity contribution in [2.24, 2.45) is 0 Å². The van der Waals surface area contributed by atoms with Crippen molar-refractivity contribution < 1.29 is 8.42 Å². The van der Waals surface area contributed by atoms with Gasteiger partial charge in [-0.15, -0.1) is 0 Å². The topological polar surface area (TPSA) is 84.0 Å². The van der Waals surface area contributed by atoms with Crippen LogP contribution in [0.2, 0.25) is 0 Å². The average molecular weight is 238 g/mol. The van der Waals surface area contributed by atoms with Crippen LogP contribution in [0.5, 0.6) is 0 Å². The molecule has 86 valence electrons. The zero-order valence-corrected chi connectivity index (χ0v) is 10.1. The normalized spacial score (nSPS) is 13.1. The summed E-state index contributed by atoms with van der Waals surface area (Å²) in [6.07, 6.45) is 0.271. The van der Waals surface area contributed by atoms with Crippen molar-refractivity contribution in [2.75, 3.05) is 5.73 Å². The van der Waals surface area contributed by atoms with Gasteiger partial charge in [0, 0.05) is 5.69 Å². The summed E-state index contributed by atoms with van der Waals surface area (Å²) in [6.45, 7) is 3.36. The molecule has 0 saturated heterocycles. The third-order valence-corrected chi connectivity index (χ3v) is 4.65. The quantitative estimate of drug-likeness (QED) is 0.811. The van der Waals surface area contributed by atoms with Gasteiger partial charge >= 0.3 is 0 Å². The molecule has 0 spiro atoms. The Kier molecular flexibility index (Phi) is 3.55. The van der Waals surface area contributed by atoms with E-state index in [4.69, 9.17) is 11.0 Å². The monoisotopic (exact) mass is 238 g/mol. The lowest BCUT2D eigenvalue weighted by Gasteiger charge is -2.11. The van der Waals surface area contributed by atoms with Crippen molar-refractivity contribution in [1.29, 1.82) is 5.26 Å². The Bertz CT molecular complexity index is 529. The number of anilines is 1. The van der Waals surface area contributed by atoms with Gasteiger partial charge < -0.3 is 5.73 Å². The molecule has 0 saturated carbocycles. The van der Waals surface area contributed by atoms with Crippen LogP contribution in [0.1, 0.15) is 18.9 Å². The maximum Gasteiger partial charge on any atom is 0.194 e. The Morgan fingerprint density at radius 2 is 2.12 bits per heavy atom. The molecule has 4 nitrogen and oxygen atoms in total. The number of rotatable bonds is 3. The fraction of sp³-hybridized carbons (Fsp3) is 0.364. The Hall–Kier alpha value is -1.54. The van der Waals surface area contributed by atoms with Crippen LogP contribution in [0.3, 0.4) is 0 Å². The first-order valence-corrected chi connectivity index (χ1v) is 6.47. The van der Waals surface area contributed by atoms with Crippen LogP contribution in [0, 0.1) is 18.3 Å². The van der Waals surface area contributed by atoms with E-state index in [-0.39, 0.29) is 11.3 Å². The Balaban J connectivity index is 3.39. The second-order valence-electron chi connectivity index (χ2n) is 3.60. The summed E-state index contributed by atoms with van der Waals surface area (Å²) in [5.41, 5.74) is 6.56. The summed E-state index contributed by atoms with van der Waals surface area (Å²) in [5, 5.41) is 7.82. The van der Waals surface area contributed by atoms with Crippen LogP contribution in [0.25, 0.3) is 0 Å². The van der Waals surface area contributed by atoms with E-state index in [2.05, 4.69) is 0 Å². The lowest BCUT2D eigenvalue weighted by Crippen LogP contribution is -2.19. The summed E-state index contributed by atoms with van der Waals surface area (Å²) in [7, 11) is -3.60. The number of aryl methyl sites for hydroxylation is 1. The van der Waals surface area contributed by atoms with Gasteiger partial charge in [0.05, 0.1) is 11.0 Å². The molecule has 2 N–H and O–H groups in total. The highest BCUT2D eigenvalue weighted by molar-refractivity contribution is 7.92. The van der Waals surface area contributed by atoms with Gasteiger partial charge in [0.1, 0.15) is 0 Å². The predicted octanol–water partition coefficient (Wildman–Crippen LogP) is 1.65. The first-order valence-electron chi connectivity index (χ1n) is 4.93. The molecule has 0 radical (unpaired) electrons. The van der Waals surface area contributed by atoms with Gasteiger partial charge in [-0.2, -0.15) is 5.26 Å². The molecule has 0 aromatic heterocycles. The second-order valence-corrected chi connectivity index (χ2v) is 5.69. The number of sulfone groups is 1. The number of nitrogen functional groups attached to an aromatic ring is 1. The van der Waals surface area contributed by atoms with Gasteiger partial charge in [-0.25, -0.2) is 8.42 Å². The summed E-state index contributed by atoms with van der Waals surface area (Å²) >= 11 is 0. The van der Waals surface area contributed by atoms with Gasteiger partial charge in [-0.3, -0.25) is 0 Å². The van der Waals surface area contributed by atoms with E-state index in [1.54, 1.807) is 26.0 Å². The highest BCUT2D eigenvalue weighted by atomic mass is 32.2. The largest absolute Gasteiger partial charge is 0.399 e. The third kappa shape index (κ3) is 2.17. The van der Waals surface area contributed by atoms with Crippen LogP contribution >= 0.6 is 0 Å². The minimum Gasteiger partial charge on any atom is -0.399 e. The fourth-order valence-corrected chi connectivity index (χ4v) is 3.16. The second kappa shape index (κ2) is 4.54. The SMILES string of the molecule is CCC(C#N)S(=O)(=O)c1cc(N)ccc1C. The van der Waals surface area contributed by atoms with E-state index in [0.29, 0.717) is 11.3 Å². The zero-order chi connectivity index (χ0) is 12.3. The van der Waals surface area contributed by atoms with Crippen LogP contribution in [-0.2, 0) is 9.84 Å². The molecule has 0 aliphatic heterocycles. The zero-order valence-electron chi connectivity index (χ0n) is 9.27. The first kappa shape index (κ1) is 12.5. The molecule has 1 aromatic rings. The van der Waals surface area contributed by atoms with Gasteiger partial charge in [-0.05, 0) is 31.0 Å². The summed E-state index contributed by atoms with van der Waals surface area (Å²) in [4.78, 5) is 0.154. The van der Waals surface area contributed by atoms with Gasteiger partial charge in [-0.1, -0.05) is 13.0 Å². The van der Waals surface area contributed by atoms with Crippen LogP contribution in [-0.4, -0.2) is 13.7 Å². The van der Waals surface area contributed by atoms with E-state index in [1.165, 1.54) is 6.07 Å². The van der Waals surface area contributed by atoms with Crippen LogP contribution in [0.4, 0.5) is 5.69 Å².